The van der Waals surface area contributed by atoms with E-state index in [0.717, 1.165) is 11.1 Å². The minimum absolute atomic E-state index is 0.220. The summed E-state index contributed by atoms with van der Waals surface area (Å²) in [4.78, 5) is 23.4. The van der Waals surface area contributed by atoms with Crippen LogP contribution in [0.15, 0.2) is 15.8 Å². The van der Waals surface area contributed by atoms with Gasteiger partial charge in [0.2, 0.25) is 0 Å². The number of nitrogens with one attached hydrogen (secondary N) is 1. The Morgan fingerprint density at radius 2 is 1.83 bits per heavy atom. The van der Waals surface area contributed by atoms with E-state index >= 15 is 0 Å². The minimum atomic E-state index is -0.292. The average molecular weight is 253 g/mol. The van der Waals surface area contributed by atoms with Crippen molar-refractivity contribution in [2.45, 2.75) is 27.3 Å². The molecule has 1 aromatic heterocycles. The lowest BCUT2D eigenvalue weighted by molar-refractivity contribution is 0.391. The van der Waals surface area contributed by atoms with Crippen molar-refractivity contribution in [2.24, 2.45) is 25.9 Å². The van der Waals surface area contributed by atoms with Crippen molar-refractivity contribution in [2.75, 3.05) is 6.54 Å². The molecule has 1 atom stereocenters. The highest BCUT2D eigenvalue weighted by Crippen LogP contribution is 2.07. The summed E-state index contributed by atoms with van der Waals surface area (Å²) in [6.45, 7) is 7.90. The topological polar surface area (TPSA) is 56.0 Å². The van der Waals surface area contributed by atoms with Crippen molar-refractivity contribution in [1.29, 1.82) is 0 Å². The first-order valence-corrected chi connectivity index (χ1v) is 6.30. The summed E-state index contributed by atoms with van der Waals surface area (Å²) in [5.41, 5.74) is 0.109. The van der Waals surface area contributed by atoms with Gasteiger partial charge in [-0.3, -0.25) is 9.36 Å². The van der Waals surface area contributed by atoms with E-state index < -0.39 is 0 Å². The summed E-state index contributed by atoms with van der Waals surface area (Å²) in [6.07, 6.45) is 1.61. The van der Waals surface area contributed by atoms with Gasteiger partial charge in [-0.2, -0.15) is 0 Å². The molecule has 0 aliphatic rings. The van der Waals surface area contributed by atoms with Gasteiger partial charge in [-0.1, -0.05) is 20.8 Å². The molecule has 0 fully saturated rings. The molecule has 0 spiro atoms. The van der Waals surface area contributed by atoms with Crippen LogP contribution < -0.4 is 16.6 Å². The maximum absolute atomic E-state index is 11.9. The fraction of sp³-hybridized carbons (Fsp3) is 0.692. The molecule has 1 aromatic rings. The predicted octanol–water partition coefficient (Wildman–Crippen LogP) is 0.466. The molecule has 0 bridgehead atoms. The van der Waals surface area contributed by atoms with Gasteiger partial charge in [0.1, 0.15) is 0 Å². The molecule has 0 aliphatic carbocycles. The Morgan fingerprint density at radius 1 is 1.22 bits per heavy atom. The van der Waals surface area contributed by atoms with Crippen LogP contribution in [0.3, 0.4) is 0 Å². The van der Waals surface area contributed by atoms with Gasteiger partial charge in [0, 0.05) is 32.4 Å². The Morgan fingerprint density at radius 3 is 2.39 bits per heavy atom. The molecule has 0 saturated carbocycles. The number of aromatic nitrogens is 2. The maximum atomic E-state index is 11.9. The molecule has 0 amide bonds. The van der Waals surface area contributed by atoms with Crippen molar-refractivity contribution in [3.05, 3.63) is 32.6 Å². The Hall–Kier alpha value is -1.36. The maximum Gasteiger partial charge on any atom is 0.330 e. The van der Waals surface area contributed by atoms with Crippen LogP contribution in [0.2, 0.25) is 0 Å². The third-order valence-electron chi connectivity index (χ3n) is 3.44. The molecular formula is C13H23N3O2. The fourth-order valence-electron chi connectivity index (χ4n) is 1.67. The SMILES string of the molecule is CC(C)C(C)CNCc1cn(C)c(=O)n(C)c1=O. The standard InChI is InChI=1S/C13H23N3O2/c1-9(2)10(3)6-14-7-11-8-15(4)13(18)16(5)12(11)17/h8-10,14H,6-7H2,1-5H3. The minimum Gasteiger partial charge on any atom is -0.312 e. The Balaban J connectivity index is 2.75. The van der Waals surface area contributed by atoms with Gasteiger partial charge in [-0.05, 0) is 18.4 Å². The van der Waals surface area contributed by atoms with Crippen LogP contribution >= 0.6 is 0 Å². The van der Waals surface area contributed by atoms with E-state index in [0.29, 0.717) is 23.9 Å². The van der Waals surface area contributed by atoms with Gasteiger partial charge < -0.3 is 9.88 Å². The van der Waals surface area contributed by atoms with E-state index in [2.05, 4.69) is 26.1 Å². The molecule has 18 heavy (non-hydrogen) atoms. The monoisotopic (exact) mass is 253 g/mol. The van der Waals surface area contributed by atoms with Crippen molar-refractivity contribution in [3.8, 4) is 0 Å². The van der Waals surface area contributed by atoms with Gasteiger partial charge in [-0.15, -0.1) is 0 Å². The lowest BCUT2D eigenvalue weighted by atomic mass is 9.98. The first-order chi connectivity index (χ1) is 8.34. The van der Waals surface area contributed by atoms with E-state index in [4.69, 9.17) is 0 Å². The highest BCUT2D eigenvalue weighted by molar-refractivity contribution is 5.05. The van der Waals surface area contributed by atoms with E-state index in [1.54, 1.807) is 13.2 Å². The number of rotatable bonds is 5. The van der Waals surface area contributed by atoms with Crippen molar-refractivity contribution in [3.63, 3.8) is 0 Å². The van der Waals surface area contributed by atoms with Crippen LogP contribution in [-0.2, 0) is 20.6 Å². The Labute approximate surface area is 107 Å². The van der Waals surface area contributed by atoms with Crippen molar-refractivity contribution >= 4 is 0 Å². The molecule has 0 aromatic carbocycles. The van der Waals surface area contributed by atoms with E-state index in [1.165, 1.54) is 11.6 Å². The van der Waals surface area contributed by atoms with E-state index in [1.807, 2.05) is 0 Å². The highest BCUT2D eigenvalue weighted by Gasteiger charge is 2.09. The lowest BCUT2D eigenvalue weighted by Gasteiger charge is -2.16. The zero-order chi connectivity index (χ0) is 13.9. The van der Waals surface area contributed by atoms with E-state index in [9.17, 15) is 9.59 Å². The number of hydrogen-bond acceptors (Lipinski definition) is 3. The van der Waals surface area contributed by atoms with Gasteiger partial charge in [0.25, 0.3) is 5.56 Å². The molecule has 102 valence electrons. The van der Waals surface area contributed by atoms with Crippen LogP contribution in [0.1, 0.15) is 26.3 Å². The number of aryl methyl sites for hydroxylation is 1. The fourth-order valence-corrected chi connectivity index (χ4v) is 1.67. The average Bonchev–Trinajstić information content (AvgIpc) is 2.32. The second-order valence-electron chi connectivity index (χ2n) is 5.26. The van der Waals surface area contributed by atoms with Crippen LogP contribution in [0, 0.1) is 11.8 Å². The zero-order valence-electron chi connectivity index (χ0n) is 11.9. The molecule has 0 radical (unpaired) electrons. The molecule has 1 unspecified atom stereocenters. The second kappa shape index (κ2) is 6.00. The van der Waals surface area contributed by atoms with E-state index in [-0.39, 0.29) is 11.2 Å². The molecule has 0 aliphatic heterocycles. The smallest absolute Gasteiger partial charge is 0.312 e. The van der Waals surface area contributed by atoms with Crippen LogP contribution in [0.4, 0.5) is 0 Å². The third kappa shape index (κ3) is 3.32. The van der Waals surface area contributed by atoms with Gasteiger partial charge in [-0.25, -0.2) is 4.79 Å². The summed E-state index contributed by atoms with van der Waals surface area (Å²) in [5, 5.41) is 3.27. The zero-order valence-corrected chi connectivity index (χ0v) is 11.9. The Bertz CT molecular complexity index is 514. The molecule has 5 heteroatoms. The summed E-state index contributed by atoms with van der Waals surface area (Å²) >= 11 is 0. The molecule has 1 rings (SSSR count). The van der Waals surface area contributed by atoms with Crippen molar-refractivity contribution < 1.29 is 0 Å². The second-order valence-corrected chi connectivity index (χ2v) is 5.26. The van der Waals surface area contributed by atoms with Gasteiger partial charge >= 0.3 is 5.69 Å². The number of nitrogens with zero attached hydrogens (tertiary/aromatic N) is 2. The van der Waals surface area contributed by atoms with Gasteiger partial charge in [0.15, 0.2) is 0 Å². The predicted molar refractivity (Wildman–Crippen MR) is 72.6 cm³/mol. The first kappa shape index (κ1) is 14.7. The van der Waals surface area contributed by atoms with Crippen LogP contribution in [0.25, 0.3) is 0 Å². The lowest BCUT2D eigenvalue weighted by Crippen LogP contribution is -2.39. The van der Waals surface area contributed by atoms with Gasteiger partial charge in [0.05, 0.1) is 0 Å². The third-order valence-corrected chi connectivity index (χ3v) is 3.44. The molecular weight excluding hydrogens is 230 g/mol. The molecule has 1 heterocycles. The summed E-state index contributed by atoms with van der Waals surface area (Å²) in [6, 6.07) is 0. The van der Waals surface area contributed by atoms with Crippen LogP contribution in [-0.4, -0.2) is 15.7 Å². The quantitative estimate of drug-likeness (QED) is 0.829. The molecule has 1 N–H and O–H groups in total. The van der Waals surface area contributed by atoms with Crippen molar-refractivity contribution in [1.82, 2.24) is 14.5 Å². The highest BCUT2D eigenvalue weighted by atomic mass is 16.2. The Kier molecular flexibility index (Phi) is 4.90. The molecule has 5 nitrogen and oxygen atoms in total. The van der Waals surface area contributed by atoms with Crippen LogP contribution in [0.5, 0.6) is 0 Å². The largest absolute Gasteiger partial charge is 0.330 e. The summed E-state index contributed by atoms with van der Waals surface area (Å²) in [5.74, 6) is 1.17. The summed E-state index contributed by atoms with van der Waals surface area (Å²) in [7, 11) is 3.16. The molecule has 0 saturated heterocycles. The number of hydrogen-bond donors (Lipinski definition) is 1. The summed E-state index contributed by atoms with van der Waals surface area (Å²) < 4.78 is 2.58. The normalized spacial score (nSPS) is 13.0. The first-order valence-electron chi connectivity index (χ1n) is 6.30.